The molecular formula is C14H21N3O4S. The average Bonchev–Trinajstić information content (AvgIpc) is 2.81. The van der Waals surface area contributed by atoms with Gasteiger partial charge in [0.1, 0.15) is 10.7 Å². The van der Waals surface area contributed by atoms with Gasteiger partial charge in [-0.15, -0.1) is 0 Å². The van der Waals surface area contributed by atoms with Gasteiger partial charge < -0.3 is 10.0 Å². The Balaban J connectivity index is 2.37. The number of aromatic nitrogens is 1. The van der Waals surface area contributed by atoms with Crippen LogP contribution in [0.3, 0.4) is 0 Å². The minimum absolute atomic E-state index is 0.0818. The number of carbonyl (C=O) groups is 1. The van der Waals surface area contributed by atoms with Crippen LogP contribution in [-0.2, 0) is 14.8 Å². The standard InChI is InChI=1S/C14H21N3O4S/c1-10(2)16-22(20,21)11-5-4-7-15-12(11)17-8-6-14(3,9-17)13(18)19/h4-5,7,10,16H,6,8-9H2,1-3H3,(H,18,19). The van der Waals surface area contributed by atoms with Gasteiger partial charge in [0.05, 0.1) is 5.41 Å². The minimum atomic E-state index is -3.69. The number of nitrogens with zero attached hydrogens (tertiary/aromatic N) is 2. The molecule has 1 aromatic heterocycles. The fraction of sp³-hybridized carbons (Fsp3) is 0.571. The van der Waals surface area contributed by atoms with Crippen molar-refractivity contribution in [2.24, 2.45) is 5.41 Å². The van der Waals surface area contributed by atoms with Gasteiger partial charge in [-0.2, -0.15) is 0 Å². The van der Waals surface area contributed by atoms with Crippen LogP contribution in [-0.4, -0.2) is 43.6 Å². The van der Waals surface area contributed by atoms with Crippen molar-refractivity contribution in [3.8, 4) is 0 Å². The molecule has 2 N–H and O–H groups in total. The summed E-state index contributed by atoms with van der Waals surface area (Å²) in [5.41, 5.74) is -0.885. The van der Waals surface area contributed by atoms with Gasteiger partial charge in [0, 0.05) is 25.3 Å². The Morgan fingerprint density at radius 2 is 2.18 bits per heavy atom. The summed E-state index contributed by atoms with van der Waals surface area (Å²) in [4.78, 5) is 17.3. The lowest BCUT2D eigenvalue weighted by Crippen LogP contribution is -2.34. The van der Waals surface area contributed by atoms with E-state index in [1.54, 1.807) is 31.7 Å². The molecule has 1 saturated heterocycles. The molecule has 2 rings (SSSR count). The van der Waals surface area contributed by atoms with Crippen molar-refractivity contribution in [1.29, 1.82) is 0 Å². The summed E-state index contributed by atoms with van der Waals surface area (Å²) in [6.45, 7) is 5.85. The van der Waals surface area contributed by atoms with Crippen molar-refractivity contribution in [3.63, 3.8) is 0 Å². The SMILES string of the molecule is CC(C)NS(=O)(=O)c1cccnc1N1CCC(C)(C(=O)O)C1. The number of nitrogens with one attached hydrogen (secondary N) is 1. The number of carboxylic acids is 1. The summed E-state index contributed by atoms with van der Waals surface area (Å²) < 4.78 is 27.4. The minimum Gasteiger partial charge on any atom is -0.481 e. The molecule has 0 aliphatic carbocycles. The van der Waals surface area contributed by atoms with Gasteiger partial charge in [-0.25, -0.2) is 18.1 Å². The van der Waals surface area contributed by atoms with E-state index in [2.05, 4.69) is 9.71 Å². The number of rotatable bonds is 5. The molecule has 1 aliphatic rings. The molecule has 1 atom stereocenters. The Morgan fingerprint density at radius 3 is 2.73 bits per heavy atom. The molecule has 0 bridgehead atoms. The topological polar surface area (TPSA) is 99.6 Å². The number of aliphatic carboxylic acids is 1. The molecule has 1 aliphatic heterocycles. The zero-order valence-electron chi connectivity index (χ0n) is 12.9. The summed E-state index contributed by atoms with van der Waals surface area (Å²) in [5, 5.41) is 9.31. The summed E-state index contributed by atoms with van der Waals surface area (Å²) in [5.74, 6) is -0.573. The van der Waals surface area contributed by atoms with Gasteiger partial charge in [-0.05, 0) is 39.3 Å². The first-order chi connectivity index (χ1) is 10.2. The van der Waals surface area contributed by atoms with Crippen molar-refractivity contribution < 1.29 is 18.3 Å². The molecule has 22 heavy (non-hydrogen) atoms. The summed E-state index contributed by atoms with van der Waals surface area (Å²) in [6, 6.07) is 2.81. The zero-order chi connectivity index (χ0) is 16.5. The van der Waals surface area contributed by atoms with E-state index in [-0.39, 0.29) is 17.5 Å². The first kappa shape index (κ1) is 16.7. The molecule has 1 aromatic rings. The van der Waals surface area contributed by atoms with E-state index in [1.807, 2.05) is 0 Å². The van der Waals surface area contributed by atoms with Crippen LogP contribution in [0.4, 0.5) is 5.82 Å². The Bertz CT molecular complexity index is 674. The van der Waals surface area contributed by atoms with E-state index in [4.69, 9.17) is 0 Å². The molecule has 0 spiro atoms. The smallest absolute Gasteiger partial charge is 0.311 e. The highest BCUT2D eigenvalue weighted by Crippen LogP contribution is 2.35. The summed E-state index contributed by atoms with van der Waals surface area (Å²) in [6.07, 6.45) is 1.97. The molecule has 122 valence electrons. The highest BCUT2D eigenvalue weighted by Gasteiger charge is 2.42. The summed E-state index contributed by atoms with van der Waals surface area (Å²) >= 11 is 0. The zero-order valence-corrected chi connectivity index (χ0v) is 13.7. The number of hydrogen-bond acceptors (Lipinski definition) is 5. The van der Waals surface area contributed by atoms with E-state index in [9.17, 15) is 18.3 Å². The molecule has 0 radical (unpaired) electrons. The third-order valence-corrected chi connectivity index (χ3v) is 5.40. The van der Waals surface area contributed by atoms with Crippen LogP contribution in [0, 0.1) is 5.41 Å². The van der Waals surface area contributed by atoms with Gasteiger partial charge in [0.25, 0.3) is 0 Å². The normalized spacial score (nSPS) is 22.3. The largest absolute Gasteiger partial charge is 0.481 e. The molecule has 1 unspecified atom stereocenters. The Hall–Kier alpha value is -1.67. The number of sulfonamides is 1. The van der Waals surface area contributed by atoms with Crippen molar-refractivity contribution >= 4 is 21.8 Å². The molecule has 2 heterocycles. The number of hydrogen-bond donors (Lipinski definition) is 2. The predicted molar refractivity (Wildman–Crippen MR) is 82.3 cm³/mol. The van der Waals surface area contributed by atoms with Gasteiger partial charge in [-0.3, -0.25) is 4.79 Å². The average molecular weight is 327 g/mol. The van der Waals surface area contributed by atoms with Gasteiger partial charge in [-0.1, -0.05) is 0 Å². The van der Waals surface area contributed by atoms with Crippen LogP contribution >= 0.6 is 0 Å². The highest BCUT2D eigenvalue weighted by atomic mass is 32.2. The Labute approximate surface area is 130 Å². The molecule has 7 nitrogen and oxygen atoms in total. The fourth-order valence-electron chi connectivity index (χ4n) is 2.52. The van der Waals surface area contributed by atoms with Crippen LogP contribution in [0.25, 0.3) is 0 Å². The third kappa shape index (κ3) is 3.22. The first-order valence-corrected chi connectivity index (χ1v) is 8.60. The van der Waals surface area contributed by atoms with Crippen LogP contribution in [0.5, 0.6) is 0 Å². The van der Waals surface area contributed by atoms with E-state index in [0.29, 0.717) is 18.8 Å². The summed E-state index contributed by atoms with van der Waals surface area (Å²) in [7, 11) is -3.69. The van der Waals surface area contributed by atoms with Crippen LogP contribution in [0.1, 0.15) is 27.2 Å². The number of pyridine rings is 1. The lowest BCUT2D eigenvalue weighted by Gasteiger charge is -2.23. The Kier molecular flexibility index (Phi) is 4.44. The third-order valence-electron chi connectivity index (χ3n) is 3.72. The molecule has 0 saturated carbocycles. The van der Waals surface area contributed by atoms with Crippen molar-refractivity contribution in [2.75, 3.05) is 18.0 Å². The maximum Gasteiger partial charge on any atom is 0.311 e. The van der Waals surface area contributed by atoms with Gasteiger partial charge in [0.15, 0.2) is 0 Å². The highest BCUT2D eigenvalue weighted by molar-refractivity contribution is 7.89. The molecular weight excluding hydrogens is 306 g/mol. The van der Waals surface area contributed by atoms with Crippen LogP contribution in [0.2, 0.25) is 0 Å². The Morgan fingerprint density at radius 1 is 1.50 bits per heavy atom. The lowest BCUT2D eigenvalue weighted by atomic mass is 9.90. The van der Waals surface area contributed by atoms with Gasteiger partial charge in [0.2, 0.25) is 10.0 Å². The van der Waals surface area contributed by atoms with Crippen molar-refractivity contribution in [1.82, 2.24) is 9.71 Å². The predicted octanol–water partition coefficient (Wildman–Crippen LogP) is 1.07. The number of anilines is 1. The number of carboxylic acid groups (broad SMARTS) is 1. The van der Waals surface area contributed by atoms with E-state index < -0.39 is 21.4 Å². The van der Waals surface area contributed by atoms with Crippen molar-refractivity contribution in [3.05, 3.63) is 18.3 Å². The van der Waals surface area contributed by atoms with Gasteiger partial charge >= 0.3 is 5.97 Å². The first-order valence-electron chi connectivity index (χ1n) is 7.11. The van der Waals surface area contributed by atoms with E-state index in [0.717, 1.165) is 0 Å². The second-order valence-electron chi connectivity index (χ2n) is 6.14. The fourth-order valence-corrected chi connectivity index (χ4v) is 3.95. The maximum absolute atomic E-state index is 12.4. The van der Waals surface area contributed by atoms with Crippen LogP contribution < -0.4 is 9.62 Å². The maximum atomic E-state index is 12.4. The van der Waals surface area contributed by atoms with Crippen LogP contribution in [0.15, 0.2) is 23.2 Å². The molecule has 8 heteroatoms. The quantitative estimate of drug-likeness (QED) is 0.839. The van der Waals surface area contributed by atoms with Crippen molar-refractivity contribution in [2.45, 2.75) is 38.1 Å². The monoisotopic (exact) mass is 327 g/mol. The lowest BCUT2D eigenvalue weighted by molar-refractivity contribution is -0.146. The molecule has 1 fully saturated rings. The molecule has 0 amide bonds. The molecule has 0 aromatic carbocycles. The second-order valence-corrected chi connectivity index (χ2v) is 7.82. The van der Waals surface area contributed by atoms with E-state index >= 15 is 0 Å². The van der Waals surface area contributed by atoms with E-state index in [1.165, 1.54) is 12.3 Å². The second kappa shape index (κ2) is 5.85.